The zero-order valence-corrected chi connectivity index (χ0v) is 17.3. The first-order chi connectivity index (χ1) is 12.6. The van der Waals surface area contributed by atoms with Gasteiger partial charge in [-0.25, -0.2) is 4.68 Å². The summed E-state index contributed by atoms with van der Waals surface area (Å²) in [6, 6.07) is 6.38. The van der Waals surface area contributed by atoms with Crippen molar-refractivity contribution in [2.45, 2.75) is 25.0 Å². The van der Waals surface area contributed by atoms with Crippen LogP contribution in [0.4, 0.5) is 0 Å². The highest BCUT2D eigenvalue weighted by atomic mass is 79.9. The first-order valence-electron chi connectivity index (χ1n) is 8.39. The molecule has 0 unspecified atom stereocenters. The standard InChI is InChI=1S/C18H20BrClN4O3/c1-10(21)18(27)8-24(9-18)17(26)16-12(6-15(25)23(2)22-16)5-11-3-4-13(19)7-14(11)20/h3-4,6-7,10,27H,5,8-9,21H2,1-2H3/t10-/m0/s1. The van der Waals surface area contributed by atoms with Crippen LogP contribution in [0.1, 0.15) is 28.5 Å². The highest BCUT2D eigenvalue weighted by Gasteiger charge is 2.47. The number of aliphatic hydroxyl groups is 1. The number of hydrogen-bond acceptors (Lipinski definition) is 5. The van der Waals surface area contributed by atoms with Gasteiger partial charge in [-0.15, -0.1) is 0 Å². The molecule has 2 aromatic rings. The summed E-state index contributed by atoms with van der Waals surface area (Å²) in [5, 5.41) is 15.0. The number of aryl methyl sites for hydroxylation is 1. The van der Waals surface area contributed by atoms with Gasteiger partial charge in [0.1, 0.15) is 5.60 Å². The molecule has 0 spiro atoms. The Balaban J connectivity index is 1.92. The average Bonchev–Trinajstić information content (AvgIpc) is 2.56. The summed E-state index contributed by atoms with van der Waals surface area (Å²) >= 11 is 9.63. The largest absolute Gasteiger partial charge is 0.385 e. The molecule has 27 heavy (non-hydrogen) atoms. The van der Waals surface area contributed by atoms with Crippen molar-refractivity contribution >= 4 is 33.4 Å². The van der Waals surface area contributed by atoms with Gasteiger partial charge in [-0.05, 0) is 30.2 Å². The Bertz CT molecular complexity index is 954. The molecule has 1 aliphatic heterocycles. The normalized spacial score (nSPS) is 16.7. The molecule has 144 valence electrons. The molecular formula is C18H20BrClN4O3. The fraction of sp³-hybridized carbons (Fsp3) is 0.389. The third kappa shape index (κ3) is 3.94. The number of hydrogen-bond donors (Lipinski definition) is 2. The molecule has 0 bridgehead atoms. The molecule has 1 aromatic carbocycles. The number of nitrogens with two attached hydrogens (primary N) is 1. The molecule has 1 saturated heterocycles. The molecule has 7 nitrogen and oxygen atoms in total. The molecule has 1 fully saturated rings. The molecule has 1 atom stereocenters. The summed E-state index contributed by atoms with van der Waals surface area (Å²) in [4.78, 5) is 26.4. The predicted molar refractivity (Wildman–Crippen MR) is 106 cm³/mol. The average molecular weight is 456 g/mol. The second-order valence-electron chi connectivity index (χ2n) is 6.95. The van der Waals surface area contributed by atoms with Gasteiger partial charge in [0, 0.05) is 35.1 Å². The van der Waals surface area contributed by atoms with E-state index in [0.29, 0.717) is 17.0 Å². The molecule has 3 N–H and O–H groups in total. The van der Waals surface area contributed by atoms with Crippen LogP contribution in [0, 0.1) is 0 Å². The number of amides is 1. The fourth-order valence-electron chi connectivity index (χ4n) is 2.96. The van der Waals surface area contributed by atoms with Crippen molar-refractivity contribution < 1.29 is 9.90 Å². The summed E-state index contributed by atoms with van der Waals surface area (Å²) in [5.41, 5.74) is 5.80. The van der Waals surface area contributed by atoms with Crippen molar-refractivity contribution in [3.05, 3.63) is 60.9 Å². The van der Waals surface area contributed by atoms with E-state index < -0.39 is 11.6 Å². The lowest BCUT2D eigenvalue weighted by Crippen LogP contribution is -2.70. The lowest BCUT2D eigenvalue weighted by molar-refractivity contribution is -0.0933. The van der Waals surface area contributed by atoms with Crippen LogP contribution in [0.2, 0.25) is 5.02 Å². The summed E-state index contributed by atoms with van der Waals surface area (Å²) < 4.78 is 1.96. The van der Waals surface area contributed by atoms with Gasteiger partial charge in [0.25, 0.3) is 11.5 Å². The van der Waals surface area contributed by atoms with Gasteiger partial charge < -0.3 is 15.7 Å². The van der Waals surface area contributed by atoms with Gasteiger partial charge in [-0.3, -0.25) is 9.59 Å². The Morgan fingerprint density at radius 3 is 2.67 bits per heavy atom. The van der Waals surface area contributed by atoms with Gasteiger partial charge in [0.2, 0.25) is 0 Å². The van der Waals surface area contributed by atoms with E-state index in [4.69, 9.17) is 17.3 Å². The molecule has 1 amide bonds. The van der Waals surface area contributed by atoms with E-state index in [1.807, 2.05) is 12.1 Å². The van der Waals surface area contributed by atoms with E-state index in [2.05, 4.69) is 21.0 Å². The SMILES string of the molecule is C[C@H](N)C1(O)CN(C(=O)c2nn(C)c(=O)cc2Cc2ccc(Br)cc2Cl)C1. The number of aromatic nitrogens is 2. The number of carbonyl (C=O) groups is 1. The maximum absolute atomic E-state index is 12.9. The van der Waals surface area contributed by atoms with Gasteiger partial charge in [0.15, 0.2) is 5.69 Å². The van der Waals surface area contributed by atoms with E-state index in [-0.39, 0.29) is 30.2 Å². The zero-order valence-electron chi connectivity index (χ0n) is 14.9. The smallest absolute Gasteiger partial charge is 0.274 e. The van der Waals surface area contributed by atoms with E-state index in [1.165, 1.54) is 18.0 Å². The van der Waals surface area contributed by atoms with E-state index in [9.17, 15) is 14.7 Å². The molecule has 0 radical (unpaired) electrons. The summed E-state index contributed by atoms with van der Waals surface area (Å²) in [6.07, 6.45) is 0.293. The van der Waals surface area contributed by atoms with Crippen LogP contribution in [0.25, 0.3) is 0 Å². The lowest BCUT2D eigenvalue weighted by atomic mass is 9.87. The van der Waals surface area contributed by atoms with E-state index in [0.717, 1.165) is 14.7 Å². The van der Waals surface area contributed by atoms with Crippen molar-refractivity contribution in [2.24, 2.45) is 12.8 Å². The number of nitrogens with zero attached hydrogens (tertiary/aromatic N) is 3. The third-order valence-corrected chi connectivity index (χ3v) is 5.68. The topological polar surface area (TPSA) is 101 Å². The molecule has 0 saturated carbocycles. The van der Waals surface area contributed by atoms with Crippen LogP contribution < -0.4 is 11.3 Å². The Hall–Kier alpha value is -1.74. The lowest BCUT2D eigenvalue weighted by Gasteiger charge is -2.48. The van der Waals surface area contributed by atoms with Crippen LogP contribution >= 0.6 is 27.5 Å². The number of carbonyl (C=O) groups excluding carboxylic acids is 1. The summed E-state index contributed by atoms with van der Waals surface area (Å²) in [7, 11) is 1.49. The maximum Gasteiger partial charge on any atom is 0.274 e. The molecular weight excluding hydrogens is 436 g/mol. The van der Waals surface area contributed by atoms with Crippen molar-refractivity contribution in [1.29, 1.82) is 0 Å². The zero-order chi connectivity index (χ0) is 19.9. The third-order valence-electron chi connectivity index (χ3n) is 4.83. The quantitative estimate of drug-likeness (QED) is 0.724. The van der Waals surface area contributed by atoms with Gasteiger partial charge in [-0.2, -0.15) is 5.10 Å². The minimum atomic E-state index is -1.09. The Morgan fingerprint density at radius 1 is 1.41 bits per heavy atom. The molecule has 0 aliphatic carbocycles. The molecule has 3 rings (SSSR count). The second-order valence-corrected chi connectivity index (χ2v) is 8.27. The van der Waals surface area contributed by atoms with Crippen molar-refractivity contribution in [1.82, 2.24) is 14.7 Å². The monoisotopic (exact) mass is 454 g/mol. The molecule has 2 heterocycles. The Kier molecular flexibility index (Phi) is 5.45. The van der Waals surface area contributed by atoms with Crippen molar-refractivity contribution in [3.8, 4) is 0 Å². The van der Waals surface area contributed by atoms with E-state index >= 15 is 0 Å². The number of halogens is 2. The second kappa shape index (κ2) is 7.35. The predicted octanol–water partition coefficient (Wildman–Crippen LogP) is 1.32. The van der Waals surface area contributed by atoms with Gasteiger partial charge in [-0.1, -0.05) is 33.6 Å². The first-order valence-corrected chi connectivity index (χ1v) is 9.56. The van der Waals surface area contributed by atoms with Gasteiger partial charge in [0.05, 0.1) is 13.1 Å². The Labute approximate surface area is 169 Å². The number of rotatable bonds is 4. The molecule has 9 heteroatoms. The van der Waals surface area contributed by atoms with Crippen LogP contribution in [0.5, 0.6) is 0 Å². The fourth-order valence-corrected chi connectivity index (χ4v) is 3.70. The highest BCUT2D eigenvalue weighted by Crippen LogP contribution is 2.27. The first kappa shape index (κ1) is 20.0. The minimum Gasteiger partial charge on any atom is -0.385 e. The van der Waals surface area contributed by atoms with Gasteiger partial charge >= 0.3 is 0 Å². The number of likely N-dealkylation sites (tertiary alicyclic amines) is 1. The maximum atomic E-state index is 12.9. The molecule has 1 aliphatic rings. The van der Waals surface area contributed by atoms with Crippen LogP contribution in [0.15, 0.2) is 33.5 Å². The molecule has 1 aromatic heterocycles. The number of benzene rings is 1. The minimum absolute atomic E-state index is 0.131. The van der Waals surface area contributed by atoms with E-state index in [1.54, 1.807) is 13.0 Å². The van der Waals surface area contributed by atoms with Crippen molar-refractivity contribution in [2.75, 3.05) is 13.1 Å². The summed E-state index contributed by atoms with van der Waals surface area (Å²) in [5.74, 6) is -0.348. The summed E-state index contributed by atoms with van der Waals surface area (Å²) in [6.45, 7) is 1.96. The highest BCUT2D eigenvalue weighted by molar-refractivity contribution is 9.10. The van der Waals surface area contributed by atoms with Crippen molar-refractivity contribution in [3.63, 3.8) is 0 Å². The Morgan fingerprint density at radius 2 is 2.07 bits per heavy atom. The van der Waals surface area contributed by atoms with Crippen LogP contribution in [0.3, 0.4) is 0 Å². The van der Waals surface area contributed by atoms with Crippen LogP contribution in [-0.2, 0) is 13.5 Å². The number of β-amino-alcohol motifs (C(OH)–C–C–N with tert-alkyl or cyclic N) is 1. The van der Waals surface area contributed by atoms with Crippen LogP contribution in [-0.4, -0.2) is 50.4 Å².